The Morgan fingerprint density at radius 2 is 2.00 bits per heavy atom. The monoisotopic (exact) mass is 406 g/mol. The van der Waals surface area contributed by atoms with Crippen LogP contribution in [-0.2, 0) is 0 Å². The number of amides is 2. The summed E-state index contributed by atoms with van der Waals surface area (Å²) in [5.41, 5.74) is 1.81. The van der Waals surface area contributed by atoms with Crippen molar-refractivity contribution in [1.82, 2.24) is 20.4 Å². The molecule has 3 aromatic rings. The molecule has 2 aromatic carbocycles. The van der Waals surface area contributed by atoms with Gasteiger partial charge in [0.05, 0.1) is 0 Å². The molecule has 1 saturated carbocycles. The first-order valence-electron chi connectivity index (χ1n) is 10.4. The van der Waals surface area contributed by atoms with E-state index in [0.29, 0.717) is 18.3 Å². The molecular formula is C23H23FN4O2. The molecule has 0 bridgehead atoms. The van der Waals surface area contributed by atoms with Crippen molar-refractivity contribution < 1.29 is 13.7 Å². The van der Waals surface area contributed by atoms with Crippen molar-refractivity contribution in [2.45, 2.75) is 43.7 Å². The Bertz CT molecular complexity index is 1040. The SMILES string of the molecule is O=C(N[C@@H]1C[C@H]1c1cccc(F)c1)N1CCCCC1c1nc(-c2ccccc2)no1. The highest BCUT2D eigenvalue weighted by Crippen LogP contribution is 2.41. The van der Waals surface area contributed by atoms with Crippen molar-refractivity contribution in [3.8, 4) is 11.4 Å². The molecule has 2 heterocycles. The maximum atomic E-state index is 13.5. The molecule has 0 spiro atoms. The number of carbonyl (C=O) groups is 1. The first-order chi connectivity index (χ1) is 14.7. The minimum absolute atomic E-state index is 0.0319. The van der Waals surface area contributed by atoms with Crippen LogP contribution in [0, 0.1) is 5.82 Å². The summed E-state index contributed by atoms with van der Waals surface area (Å²) in [6.45, 7) is 0.650. The second-order valence-electron chi connectivity index (χ2n) is 7.98. The number of nitrogens with one attached hydrogen (secondary N) is 1. The molecule has 7 heteroatoms. The zero-order chi connectivity index (χ0) is 20.5. The number of nitrogens with zero attached hydrogens (tertiary/aromatic N) is 3. The number of likely N-dealkylation sites (tertiary alicyclic amines) is 1. The predicted molar refractivity (Wildman–Crippen MR) is 109 cm³/mol. The standard InChI is InChI=1S/C23H23FN4O2/c24-17-10-6-9-16(13-17)18-14-19(18)25-23(29)28-12-5-4-11-20(28)22-26-21(27-30-22)15-7-2-1-3-8-15/h1-3,6-10,13,18-20H,4-5,11-12,14H2,(H,25,29)/t18-,19+,20?/m0/s1. The molecule has 2 fully saturated rings. The maximum absolute atomic E-state index is 13.5. The number of benzene rings is 2. The Hall–Kier alpha value is -3.22. The third-order valence-electron chi connectivity index (χ3n) is 5.90. The molecular weight excluding hydrogens is 383 g/mol. The number of halogens is 1. The van der Waals surface area contributed by atoms with Crippen LogP contribution in [0.25, 0.3) is 11.4 Å². The van der Waals surface area contributed by atoms with Gasteiger partial charge in [0.25, 0.3) is 0 Å². The van der Waals surface area contributed by atoms with Crippen molar-refractivity contribution in [2.75, 3.05) is 6.54 Å². The molecule has 1 aromatic heterocycles. The van der Waals surface area contributed by atoms with E-state index in [1.165, 1.54) is 6.07 Å². The molecule has 1 aliphatic carbocycles. The summed E-state index contributed by atoms with van der Waals surface area (Å²) in [5.74, 6) is 0.929. The molecule has 1 unspecified atom stereocenters. The van der Waals surface area contributed by atoms with E-state index in [4.69, 9.17) is 4.52 Å². The average Bonchev–Trinajstić information content (AvgIpc) is 3.37. The van der Waals surface area contributed by atoms with Crippen LogP contribution < -0.4 is 5.32 Å². The van der Waals surface area contributed by atoms with Gasteiger partial charge in [-0.1, -0.05) is 47.6 Å². The lowest BCUT2D eigenvalue weighted by molar-refractivity contribution is 0.131. The van der Waals surface area contributed by atoms with Crippen molar-refractivity contribution in [1.29, 1.82) is 0 Å². The van der Waals surface area contributed by atoms with E-state index in [-0.39, 0.29) is 29.8 Å². The highest BCUT2D eigenvalue weighted by Gasteiger charge is 2.42. The normalized spacial score (nSPS) is 23.2. The van der Waals surface area contributed by atoms with Crippen molar-refractivity contribution >= 4 is 6.03 Å². The molecule has 3 atom stereocenters. The second kappa shape index (κ2) is 7.89. The molecule has 1 N–H and O–H groups in total. The van der Waals surface area contributed by atoms with Gasteiger partial charge in [-0.2, -0.15) is 4.98 Å². The minimum atomic E-state index is -0.244. The number of rotatable bonds is 4. The first-order valence-corrected chi connectivity index (χ1v) is 10.4. The Morgan fingerprint density at radius 1 is 1.13 bits per heavy atom. The summed E-state index contributed by atoms with van der Waals surface area (Å²) in [7, 11) is 0. The van der Waals surface area contributed by atoms with Gasteiger partial charge in [-0.3, -0.25) is 0 Å². The Kier molecular flexibility index (Phi) is 4.94. The third kappa shape index (κ3) is 3.79. The van der Waals surface area contributed by atoms with Gasteiger partial charge in [0.15, 0.2) is 0 Å². The molecule has 2 amide bonds. The number of hydrogen-bond acceptors (Lipinski definition) is 4. The fourth-order valence-corrected chi connectivity index (χ4v) is 4.21. The summed E-state index contributed by atoms with van der Waals surface area (Å²) in [6.07, 6.45) is 3.57. The van der Waals surface area contributed by atoms with E-state index in [9.17, 15) is 9.18 Å². The van der Waals surface area contributed by atoms with Gasteiger partial charge in [0, 0.05) is 24.1 Å². The average molecular weight is 406 g/mol. The van der Waals surface area contributed by atoms with Crippen LogP contribution in [0.5, 0.6) is 0 Å². The lowest BCUT2D eigenvalue weighted by atomic mass is 10.0. The van der Waals surface area contributed by atoms with Crippen LogP contribution in [0.1, 0.15) is 49.1 Å². The molecule has 154 valence electrons. The van der Waals surface area contributed by atoms with E-state index in [2.05, 4.69) is 15.5 Å². The van der Waals surface area contributed by atoms with E-state index in [1.54, 1.807) is 17.0 Å². The molecule has 0 radical (unpaired) electrons. The number of piperidine rings is 1. The van der Waals surface area contributed by atoms with Crippen LogP contribution in [0.15, 0.2) is 59.1 Å². The topological polar surface area (TPSA) is 71.3 Å². The summed E-state index contributed by atoms with van der Waals surface area (Å²) in [6, 6.07) is 15.9. The second-order valence-corrected chi connectivity index (χ2v) is 7.98. The van der Waals surface area contributed by atoms with Gasteiger partial charge >= 0.3 is 6.03 Å². The quantitative estimate of drug-likeness (QED) is 0.684. The lowest BCUT2D eigenvalue weighted by Gasteiger charge is -2.33. The molecule has 1 saturated heterocycles. The summed E-state index contributed by atoms with van der Waals surface area (Å²) in [5, 5.41) is 7.21. The summed E-state index contributed by atoms with van der Waals surface area (Å²) >= 11 is 0. The largest absolute Gasteiger partial charge is 0.337 e. The van der Waals surface area contributed by atoms with Gasteiger partial charge < -0.3 is 14.7 Å². The van der Waals surface area contributed by atoms with Crippen LogP contribution in [0.4, 0.5) is 9.18 Å². The van der Waals surface area contributed by atoms with Crippen LogP contribution in [0.2, 0.25) is 0 Å². The zero-order valence-electron chi connectivity index (χ0n) is 16.5. The van der Waals surface area contributed by atoms with Gasteiger partial charge in [-0.15, -0.1) is 0 Å². The lowest BCUT2D eigenvalue weighted by Crippen LogP contribution is -2.45. The Morgan fingerprint density at radius 3 is 2.83 bits per heavy atom. The molecule has 5 rings (SSSR count). The number of hydrogen-bond donors (Lipinski definition) is 1. The van der Waals surface area contributed by atoms with Gasteiger partial charge in [0.1, 0.15) is 11.9 Å². The zero-order valence-corrected chi connectivity index (χ0v) is 16.5. The van der Waals surface area contributed by atoms with Crippen molar-refractivity contribution in [3.05, 3.63) is 71.9 Å². The fraction of sp³-hybridized carbons (Fsp3) is 0.348. The third-order valence-corrected chi connectivity index (χ3v) is 5.90. The Balaban J connectivity index is 1.28. The predicted octanol–water partition coefficient (Wildman–Crippen LogP) is 4.67. The summed E-state index contributed by atoms with van der Waals surface area (Å²) in [4.78, 5) is 19.4. The first kappa shape index (κ1) is 18.8. The number of carbonyl (C=O) groups excluding carboxylic acids is 1. The number of aromatic nitrogens is 2. The van der Waals surface area contributed by atoms with Crippen molar-refractivity contribution in [2.24, 2.45) is 0 Å². The van der Waals surface area contributed by atoms with Gasteiger partial charge in [-0.25, -0.2) is 9.18 Å². The smallest absolute Gasteiger partial charge is 0.318 e. The molecule has 6 nitrogen and oxygen atoms in total. The van der Waals surface area contributed by atoms with E-state index < -0.39 is 0 Å². The molecule has 30 heavy (non-hydrogen) atoms. The maximum Gasteiger partial charge on any atom is 0.318 e. The van der Waals surface area contributed by atoms with E-state index in [1.807, 2.05) is 36.4 Å². The van der Waals surface area contributed by atoms with Crippen molar-refractivity contribution in [3.63, 3.8) is 0 Å². The summed E-state index contributed by atoms with van der Waals surface area (Å²) < 4.78 is 19.0. The fourth-order valence-electron chi connectivity index (χ4n) is 4.21. The van der Waals surface area contributed by atoms with Crippen LogP contribution in [0.3, 0.4) is 0 Å². The molecule has 2 aliphatic rings. The number of urea groups is 1. The van der Waals surface area contributed by atoms with Gasteiger partial charge in [-0.05, 0) is 43.4 Å². The van der Waals surface area contributed by atoms with E-state index in [0.717, 1.165) is 36.8 Å². The highest BCUT2D eigenvalue weighted by atomic mass is 19.1. The Labute approximate surface area is 174 Å². The molecule has 1 aliphatic heterocycles. The minimum Gasteiger partial charge on any atom is -0.337 e. The van der Waals surface area contributed by atoms with Crippen LogP contribution in [-0.4, -0.2) is 33.7 Å². The van der Waals surface area contributed by atoms with Crippen LogP contribution >= 0.6 is 0 Å². The highest BCUT2D eigenvalue weighted by molar-refractivity contribution is 5.75. The van der Waals surface area contributed by atoms with Gasteiger partial charge in [0.2, 0.25) is 11.7 Å². The van der Waals surface area contributed by atoms with E-state index >= 15 is 0 Å².